The molecule has 0 aliphatic rings. The number of ether oxygens (including phenoxy) is 1. The van der Waals surface area contributed by atoms with Gasteiger partial charge in [-0.3, -0.25) is 13.9 Å². The number of hydrogen-bond acceptors (Lipinski definition) is 5. The van der Waals surface area contributed by atoms with E-state index in [4.69, 9.17) is 39.5 Å². The first-order valence-corrected chi connectivity index (χ1v) is 15.8. The Bertz CT molecular complexity index is 1530. The number of amides is 2. The molecule has 0 heterocycles. The molecule has 8 nitrogen and oxygen atoms in total. The van der Waals surface area contributed by atoms with Crippen LogP contribution >= 0.6 is 34.8 Å². The van der Waals surface area contributed by atoms with Crippen LogP contribution in [0.1, 0.15) is 31.9 Å². The molecule has 1 N–H and O–H groups in total. The van der Waals surface area contributed by atoms with Crippen molar-refractivity contribution in [2.75, 3.05) is 24.5 Å². The lowest BCUT2D eigenvalue weighted by Crippen LogP contribution is -2.51. The third-order valence-corrected chi connectivity index (χ3v) is 9.23. The highest BCUT2D eigenvalue weighted by Gasteiger charge is 2.34. The van der Waals surface area contributed by atoms with Crippen LogP contribution in [0.2, 0.25) is 15.1 Å². The van der Waals surface area contributed by atoms with Gasteiger partial charge >= 0.3 is 0 Å². The summed E-state index contributed by atoms with van der Waals surface area (Å²) < 4.78 is 34.5. The van der Waals surface area contributed by atoms with Crippen LogP contribution in [0.4, 0.5) is 5.69 Å². The molecule has 0 saturated heterocycles. The first-order chi connectivity index (χ1) is 19.7. The molecule has 0 aliphatic carbocycles. The quantitative estimate of drug-likeness (QED) is 0.246. The minimum Gasteiger partial charge on any atom is -0.495 e. The lowest BCUT2D eigenvalue weighted by molar-refractivity contribution is -0.139. The molecule has 0 spiro atoms. The Morgan fingerprint density at radius 1 is 0.929 bits per heavy atom. The molecule has 3 aromatic carbocycles. The normalized spacial score (nSPS) is 12.1. The van der Waals surface area contributed by atoms with Gasteiger partial charge in [0.05, 0.1) is 27.7 Å². The van der Waals surface area contributed by atoms with Crippen LogP contribution in [0.3, 0.4) is 0 Å². The summed E-state index contributed by atoms with van der Waals surface area (Å²) >= 11 is 18.6. The fraction of sp³-hybridized carbons (Fsp3) is 0.333. The number of sulfonamides is 1. The SMILES string of the molecule is COc1ccc(Cl)cc1N(CC(=O)N(Cc1ccc(Cl)c(Cl)c1)C(C)C(=O)NCC(C)C)S(=O)(=O)c1ccc(C)cc1. The Morgan fingerprint density at radius 2 is 1.60 bits per heavy atom. The fourth-order valence-electron chi connectivity index (χ4n) is 4.08. The molecular weight excluding hydrogens is 621 g/mol. The van der Waals surface area contributed by atoms with Crippen molar-refractivity contribution in [2.45, 2.75) is 45.2 Å². The third-order valence-electron chi connectivity index (χ3n) is 6.49. The number of carbonyl (C=O) groups is 2. The number of rotatable bonds is 12. The standard InChI is InChI=1S/C30H34Cl3N3O5S/c1-19(2)16-34-30(38)21(4)35(17-22-8-12-25(32)26(33)14-22)29(37)18-36(27-15-23(31)9-13-28(27)41-5)42(39,40)24-10-6-20(3)7-11-24/h6-15,19,21H,16-18H2,1-5H3,(H,34,38). The van der Waals surface area contributed by atoms with E-state index in [9.17, 15) is 18.0 Å². The first kappa shape index (κ1) is 33.5. The number of nitrogens with zero attached hydrogens (tertiary/aromatic N) is 2. The highest BCUT2D eigenvalue weighted by Crippen LogP contribution is 2.35. The lowest BCUT2D eigenvalue weighted by Gasteiger charge is -2.32. The molecule has 12 heteroatoms. The van der Waals surface area contributed by atoms with Crippen LogP contribution < -0.4 is 14.4 Å². The molecule has 3 aromatic rings. The van der Waals surface area contributed by atoms with E-state index >= 15 is 0 Å². The molecule has 0 aromatic heterocycles. The summed E-state index contributed by atoms with van der Waals surface area (Å²) in [5, 5.41) is 3.71. The number of carbonyl (C=O) groups excluding carboxylic acids is 2. The van der Waals surface area contributed by atoms with Crippen molar-refractivity contribution in [1.29, 1.82) is 0 Å². The summed E-state index contributed by atoms with van der Waals surface area (Å²) in [7, 11) is -2.90. The van der Waals surface area contributed by atoms with Crippen molar-refractivity contribution in [2.24, 2.45) is 5.92 Å². The van der Waals surface area contributed by atoms with Crippen LogP contribution in [0, 0.1) is 12.8 Å². The smallest absolute Gasteiger partial charge is 0.264 e. The van der Waals surface area contributed by atoms with Crippen molar-refractivity contribution < 1.29 is 22.7 Å². The van der Waals surface area contributed by atoms with Crippen LogP contribution in [0.15, 0.2) is 65.6 Å². The molecule has 42 heavy (non-hydrogen) atoms. The maximum atomic E-state index is 14.1. The molecule has 2 amide bonds. The maximum Gasteiger partial charge on any atom is 0.264 e. The number of hydrogen-bond donors (Lipinski definition) is 1. The van der Waals surface area contributed by atoms with Crippen LogP contribution in [0.25, 0.3) is 0 Å². The predicted octanol–water partition coefficient (Wildman–Crippen LogP) is 6.35. The highest BCUT2D eigenvalue weighted by molar-refractivity contribution is 7.92. The van der Waals surface area contributed by atoms with Crippen molar-refractivity contribution in [3.8, 4) is 5.75 Å². The highest BCUT2D eigenvalue weighted by atomic mass is 35.5. The van der Waals surface area contributed by atoms with Crippen LogP contribution in [-0.2, 0) is 26.2 Å². The first-order valence-electron chi connectivity index (χ1n) is 13.2. The molecule has 1 atom stereocenters. The fourth-order valence-corrected chi connectivity index (χ4v) is 5.98. The minimum atomic E-state index is -4.29. The van der Waals surface area contributed by atoms with Crippen LogP contribution in [-0.4, -0.2) is 51.4 Å². The Labute approximate surface area is 262 Å². The molecule has 226 valence electrons. The molecule has 0 bridgehead atoms. The number of benzene rings is 3. The Morgan fingerprint density at radius 3 is 2.19 bits per heavy atom. The van der Waals surface area contributed by atoms with Crippen molar-refractivity contribution in [1.82, 2.24) is 10.2 Å². The van der Waals surface area contributed by atoms with Gasteiger partial charge < -0.3 is 15.0 Å². The number of halogens is 3. The molecule has 0 fully saturated rings. The van der Waals surface area contributed by atoms with E-state index in [1.54, 1.807) is 43.3 Å². The van der Waals surface area contributed by atoms with E-state index in [0.29, 0.717) is 17.1 Å². The summed E-state index contributed by atoms with van der Waals surface area (Å²) in [5.74, 6) is -0.635. The second kappa shape index (κ2) is 14.5. The summed E-state index contributed by atoms with van der Waals surface area (Å²) in [6.45, 7) is 7.07. The van der Waals surface area contributed by atoms with Crippen molar-refractivity contribution in [3.05, 3.63) is 86.9 Å². The van der Waals surface area contributed by atoms with Gasteiger partial charge in [-0.15, -0.1) is 0 Å². The van der Waals surface area contributed by atoms with Gasteiger partial charge in [-0.1, -0.05) is 72.4 Å². The second-order valence-corrected chi connectivity index (χ2v) is 13.3. The third kappa shape index (κ3) is 8.31. The number of nitrogens with one attached hydrogen (secondary N) is 1. The van der Waals surface area contributed by atoms with E-state index in [-0.39, 0.29) is 44.7 Å². The average Bonchev–Trinajstić information content (AvgIpc) is 2.94. The van der Waals surface area contributed by atoms with E-state index in [1.807, 2.05) is 20.8 Å². The van der Waals surface area contributed by atoms with Gasteiger partial charge in [0.2, 0.25) is 11.8 Å². The summed E-state index contributed by atoms with van der Waals surface area (Å²) in [6.07, 6.45) is 0. The van der Waals surface area contributed by atoms with E-state index in [0.717, 1.165) is 9.87 Å². The van der Waals surface area contributed by atoms with Gasteiger partial charge in [0.1, 0.15) is 18.3 Å². The average molecular weight is 655 g/mol. The Kier molecular flexibility index (Phi) is 11.5. The minimum absolute atomic E-state index is 0.0262. The zero-order valence-corrected chi connectivity index (χ0v) is 27.1. The summed E-state index contributed by atoms with van der Waals surface area (Å²) in [6, 6.07) is 14.7. The van der Waals surface area contributed by atoms with Gasteiger partial charge in [0, 0.05) is 18.1 Å². The monoisotopic (exact) mass is 653 g/mol. The molecular formula is C30H34Cl3N3O5S. The molecule has 1 unspecified atom stereocenters. The molecule has 0 aliphatic heterocycles. The van der Waals surface area contributed by atoms with E-state index < -0.39 is 28.5 Å². The molecule has 3 rings (SSSR count). The Balaban J connectivity index is 2.10. The van der Waals surface area contributed by atoms with Gasteiger partial charge in [-0.2, -0.15) is 0 Å². The largest absolute Gasteiger partial charge is 0.495 e. The summed E-state index contributed by atoms with van der Waals surface area (Å²) in [4.78, 5) is 28.5. The molecule has 0 saturated carbocycles. The van der Waals surface area contributed by atoms with Gasteiger partial charge in [-0.25, -0.2) is 8.42 Å². The van der Waals surface area contributed by atoms with Crippen molar-refractivity contribution in [3.63, 3.8) is 0 Å². The van der Waals surface area contributed by atoms with Crippen LogP contribution in [0.5, 0.6) is 5.75 Å². The Hall–Kier alpha value is -2.98. The molecule has 0 radical (unpaired) electrons. The van der Waals surface area contributed by atoms with Crippen molar-refractivity contribution >= 4 is 62.3 Å². The predicted molar refractivity (Wildman–Crippen MR) is 168 cm³/mol. The lowest BCUT2D eigenvalue weighted by atomic mass is 10.1. The van der Waals surface area contributed by atoms with E-state index in [2.05, 4.69) is 5.32 Å². The maximum absolute atomic E-state index is 14.1. The zero-order valence-electron chi connectivity index (χ0n) is 24.0. The second-order valence-electron chi connectivity index (χ2n) is 10.2. The number of anilines is 1. The topological polar surface area (TPSA) is 96.0 Å². The van der Waals surface area contributed by atoms with E-state index in [1.165, 1.54) is 36.3 Å². The van der Waals surface area contributed by atoms with Gasteiger partial charge in [0.25, 0.3) is 10.0 Å². The summed E-state index contributed by atoms with van der Waals surface area (Å²) in [5.41, 5.74) is 1.55. The zero-order chi connectivity index (χ0) is 31.2. The number of methoxy groups -OCH3 is 1. The van der Waals surface area contributed by atoms with Gasteiger partial charge in [0.15, 0.2) is 0 Å². The number of aryl methyl sites for hydroxylation is 1. The van der Waals surface area contributed by atoms with Gasteiger partial charge in [-0.05, 0) is 67.8 Å².